The SMILES string of the molecule is CCCCC/C=C\C/C=C\CCCCCCCCCCCC(=O)OC[C@H](COP(=O)([O-])OCC[N+](C)(C)C)OC(=O)CCCCCCC/C=C\CCCCC. The number of likely N-dealkylation sites (N-methyl/N-ethyl adjacent to an activating group) is 1. The predicted molar refractivity (Wildman–Crippen MR) is 227 cm³/mol. The van der Waals surface area contributed by atoms with Gasteiger partial charge >= 0.3 is 11.9 Å². The number of carbonyl (C=O) groups is 2. The van der Waals surface area contributed by atoms with Crippen LogP contribution in [0.25, 0.3) is 0 Å². The van der Waals surface area contributed by atoms with Gasteiger partial charge in [0.2, 0.25) is 0 Å². The van der Waals surface area contributed by atoms with E-state index in [1.165, 1.54) is 83.5 Å². The van der Waals surface area contributed by atoms with Crippen LogP contribution in [0.3, 0.4) is 0 Å². The number of rotatable bonds is 40. The predicted octanol–water partition coefficient (Wildman–Crippen LogP) is 11.9. The molecule has 0 aliphatic rings. The number of phosphoric ester groups is 1. The second kappa shape index (κ2) is 37.8. The van der Waals surface area contributed by atoms with Crippen molar-refractivity contribution in [3.05, 3.63) is 36.5 Å². The van der Waals surface area contributed by atoms with Crippen molar-refractivity contribution in [2.75, 3.05) is 47.5 Å². The molecule has 0 saturated carbocycles. The van der Waals surface area contributed by atoms with Gasteiger partial charge in [0.15, 0.2) is 6.10 Å². The van der Waals surface area contributed by atoms with Gasteiger partial charge < -0.3 is 27.9 Å². The molecule has 0 heterocycles. The minimum absolute atomic E-state index is 0.0332. The van der Waals surface area contributed by atoms with Gasteiger partial charge in [-0.25, -0.2) is 0 Å². The van der Waals surface area contributed by atoms with E-state index in [0.717, 1.165) is 70.6 Å². The highest BCUT2D eigenvalue weighted by atomic mass is 31.2. The molecule has 322 valence electrons. The van der Waals surface area contributed by atoms with Gasteiger partial charge in [-0.15, -0.1) is 0 Å². The van der Waals surface area contributed by atoms with Crippen molar-refractivity contribution in [3.8, 4) is 0 Å². The summed E-state index contributed by atoms with van der Waals surface area (Å²) in [4.78, 5) is 37.5. The molecule has 0 aromatic heterocycles. The Balaban J connectivity index is 4.31. The van der Waals surface area contributed by atoms with Crippen molar-refractivity contribution in [2.45, 2.75) is 193 Å². The molecule has 9 nitrogen and oxygen atoms in total. The molecule has 1 unspecified atom stereocenters. The monoisotopic (exact) mass is 798 g/mol. The standard InChI is InChI=1S/C45H84NO8P/c1-6-8-10-12-14-16-18-20-21-22-23-24-25-26-28-29-31-33-35-37-44(47)51-41-43(42-53-55(49,50)52-40-39-46(3,4)5)54-45(48)38-36-34-32-30-27-19-17-15-13-11-9-7-2/h14-17,20-21,43H,6-13,18-19,22-42H2,1-5H3/b16-14-,17-15-,21-20-/t43-/m1/s1. The summed E-state index contributed by atoms with van der Waals surface area (Å²) in [6.07, 6.45) is 41.7. The average molecular weight is 798 g/mol. The van der Waals surface area contributed by atoms with Crippen molar-refractivity contribution in [3.63, 3.8) is 0 Å². The Hall–Kier alpha value is -1.77. The molecule has 55 heavy (non-hydrogen) atoms. The number of unbranched alkanes of at least 4 members (excludes halogenated alkanes) is 20. The molecule has 0 amide bonds. The van der Waals surface area contributed by atoms with E-state index in [9.17, 15) is 19.0 Å². The number of hydrogen-bond donors (Lipinski definition) is 0. The second-order valence-corrected chi connectivity index (χ2v) is 17.5. The molecular formula is C45H84NO8P. The smallest absolute Gasteiger partial charge is 0.306 e. The van der Waals surface area contributed by atoms with E-state index in [2.05, 4.69) is 50.3 Å². The molecule has 10 heteroatoms. The minimum atomic E-state index is -4.62. The van der Waals surface area contributed by atoms with Gasteiger partial charge in [-0.05, 0) is 70.6 Å². The number of carbonyl (C=O) groups excluding carboxylic acids is 2. The van der Waals surface area contributed by atoms with Gasteiger partial charge in [-0.1, -0.05) is 140 Å². The summed E-state index contributed by atoms with van der Waals surface area (Å²) in [5.74, 6) is -0.849. The zero-order valence-corrected chi connectivity index (χ0v) is 37.0. The quantitative estimate of drug-likeness (QED) is 0.0198. The van der Waals surface area contributed by atoms with Crippen LogP contribution >= 0.6 is 7.82 Å². The van der Waals surface area contributed by atoms with E-state index in [1.807, 2.05) is 21.1 Å². The first-order valence-corrected chi connectivity index (χ1v) is 23.7. The molecule has 0 aromatic rings. The van der Waals surface area contributed by atoms with E-state index in [1.54, 1.807) is 0 Å². The van der Waals surface area contributed by atoms with Crippen LogP contribution in [0.1, 0.15) is 187 Å². The van der Waals surface area contributed by atoms with Gasteiger partial charge in [0.05, 0.1) is 27.7 Å². The molecule has 0 radical (unpaired) electrons. The molecule has 0 N–H and O–H groups in total. The fourth-order valence-corrected chi connectivity index (χ4v) is 6.58. The fraction of sp³-hybridized carbons (Fsp3) is 0.822. The zero-order valence-electron chi connectivity index (χ0n) is 36.1. The lowest BCUT2D eigenvalue weighted by atomic mass is 10.1. The maximum Gasteiger partial charge on any atom is 0.306 e. The largest absolute Gasteiger partial charge is 0.756 e. The van der Waals surface area contributed by atoms with Crippen LogP contribution in [-0.2, 0) is 32.7 Å². The van der Waals surface area contributed by atoms with Crippen molar-refractivity contribution in [1.82, 2.24) is 0 Å². The summed E-state index contributed by atoms with van der Waals surface area (Å²) >= 11 is 0. The third-order valence-corrected chi connectivity index (χ3v) is 10.3. The van der Waals surface area contributed by atoms with E-state index < -0.39 is 32.5 Å². The van der Waals surface area contributed by atoms with E-state index in [4.69, 9.17) is 18.5 Å². The first-order chi connectivity index (χ1) is 26.5. The van der Waals surface area contributed by atoms with Gasteiger partial charge in [-0.2, -0.15) is 0 Å². The van der Waals surface area contributed by atoms with E-state index >= 15 is 0 Å². The van der Waals surface area contributed by atoms with Crippen LogP contribution in [0.4, 0.5) is 0 Å². The number of ether oxygens (including phenoxy) is 2. The molecule has 0 aliphatic carbocycles. The Bertz CT molecular complexity index is 1040. The van der Waals surface area contributed by atoms with Crippen LogP contribution in [0.2, 0.25) is 0 Å². The Kier molecular flexibility index (Phi) is 36.6. The number of phosphoric acid groups is 1. The lowest BCUT2D eigenvalue weighted by Crippen LogP contribution is -2.37. The lowest BCUT2D eigenvalue weighted by Gasteiger charge is -2.28. The lowest BCUT2D eigenvalue weighted by molar-refractivity contribution is -0.870. The first-order valence-electron chi connectivity index (χ1n) is 22.2. The van der Waals surface area contributed by atoms with Crippen LogP contribution in [0.5, 0.6) is 0 Å². The number of quaternary nitrogens is 1. The Morgan fingerprint density at radius 2 is 0.982 bits per heavy atom. The van der Waals surface area contributed by atoms with Crippen molar-refractivity contribution < 1.29 is 42.1 Å². The minimum Gasteiger partial charge on any atom is -0.756 e. The van der Waals surface area contributed by atoms with Crippen LogP contribution in [-0.4, -0.2) is 70.0 Å². The van der Waals surface area contributed by atoms with Crippen molar-refractivity contribution in [1.29, 1.82) is 0 Å². The number of esters is 2. The van der Waals surface area contributed by atoms with Gasteiger partial charge in [0, 0.05) is 12.8 Å². The molecule has 0 fully saturated rings. The summed E-state index contributed by atoms with van der Waals surface area (Å²) < 4.78 is 33.9. The number of hydrogen-bond acceptors (Lipinski definition) is 8. The summed E-state index contributed by atoms with van der Waals surface area (Å²) in [5.41, 5.74) is 0. The topological polar surface area (TPSA) is 111 Å². The molecule has 2 atom stereocenters. The van der Waals surface area contributed by atoms with Gasteiger partial charge in [0.1, 0.15) is 19.8 Å². The Labute approximate surface area is 338 Å². The number of allylic oxidation sites excluding steroid dienone is 6. The Morgan fingerprint density at radius 1 is 0.564 bits per heavy atom. The molecule has 0 bridgehead atoms. The van der Waals surface area contributed by atoms with Crippen molar-refractivity contribution >= 4 is 19.8 Å². The Morgan fingerprint density at radius 3 is 1.45 bits per heavy atom. The third-order valence-electron chi connectivity index (χ3n) is 9.38. The maximum atomic E-state index is 12.6. The number of nitrogens with zero attached hydrogens (tertiary/aromatic N) is 1. The van der Waals surface area contributed by atoms with Crippen LogP contribution < -0.4 is 4.89 Å². The second-order valence-electron chi connectivity index (χ2n) is 16.1. The highest BCUT2D eigenvalue weighted by Gasteiger charge is 2.21. The van der Waals surface area contributed by atoms with E-state index in [-0.39, 0.29) is 26.1 Å². The fourth-order valence-electron chi connectivity index (χ4n) is 5.85. The van der Waals surface area contributed by atoms with Crippen molar-refractivity contribution in [2.24, 2.45) is 0 Å². The highest BCUT2D eigenvalue weighted by molar-refractivity contribution is 7.45. The summed E-state index contributed by atoms with van der Waals surface area (Å²) in [6, 6.07) is 0. The third kappa shape index (κ3) is 41.7. The van der Waals surface area contributed by atoms with Crippen LogP contribution in [0, 0.1) is 0 Å². The molecule has 0 saturated heterocycles. The summed E-state index contributed by atoms with van der Waals surface area (Å²) in [6.45, 7) is 4.16. The normalized spacial score (nSPS) is 13.9. The van der Waals surface area contributed by atoms with Gasteiger partial charge in [-0.3, -0.25) is 14.2 Å². The molecule has 0 rings (SSSR count). The maximum absolute atomic E-state index is 12.6. The average Bonchev–Trinajstić information content (AvgIpc) is 3.13. The van der Waals surface area contributed by atoms with Gasteiger partial charge in [0.25, 0.3) is 7.82 Å². The van der Waals surface area contributed by atoms with Crippen LogP contribution in [0.15, 0.2) is 36.5 Å². The zero-order chi connectivity index (χ0) is 40.7. The van der Waals surface area contributed by atoms with E-state index in [0.29, 0.717) is 17.4 Å². The molecular weight excluding hydrogens is 713 g/mol. The molecule has 0 aliphatic heterocycles. The summed E-state index contributed by atoms with van der Waals surface area (Å²) in [7, 11) is 1.16. The highest BCUT2D eigenvalue weighted by Crippen LogP contribution is 2.38. The molecule has 0 spiro atoms. The summed E-state index contributed by atoms with van der Waals surface area (Å²) in [5, 5.41) is 0. The first kappa shape index (κ1) is 53.2. The molecule has 0 aromatic carbocycles.